The van der Waals surface area contributed by atoms with Crippen LogP contribution in [0.4, 0.5) is 11.6 Å². The van der Waals surface area contributed by atoms with Crippen LogP contribution in [0.3, 0.4) is 0 Å². The van der Waals surface area contributed by atoms with Crippen LogP contribution in [0, 0.1) is 10.3 Å². The molecule has 0 unspecified atom stereocenters. The molecule has 9 heteroatoms. The van der Waals surface area contributed by atoms with E-state index in [1.54, 1.807) is 55.7 Å². The van der Waals surface area contributed by atoms with Gasteiger partial charge in [0.2, 0.25) is 5.95 Å². The average molecular weight is 424 g/mol. The first-order valence-electron chi connectivity index (χ1n) is 9.81. The minimum Gasteiger partial charge on any atom is -0.426 e. The molecular weight excluding hydrogens is 400 g/mol. The standard InChI is InChI=1S/C22H24N4O5/c1-22(2,3)20(29)31-16-8-9-17-18(13-16)26(10-5-11-27)21(23-17)24-19(28)14-6-4-7-15(12-14)25-30/h4,6-9,12-13,27H,5,10-11H2,1-3H3,(H,23,24,28). The van der Waals surface area contributed by atoms with Crippen molar-refractivity contribution >= 4 is 34.5 Å². The third kappa shape index (κ3) is 5.13. The van der Waals surface area contributed by atoms with Gasteiger partial charge in [0, 0.05) is 24.8 Å². The van der Waals surface area contributed by atoms with E-state index in [1.807, 2.05) is 0 Å². The summed E-state index contributed by atoms with van der Waals surface area (Å²) in [7, 11) is 0. The number of hydrogen-bond acceptors (Lipinski definition) is 7. The number of carbonyl (C=O) groups excluding carboxylic acids is 2. The monoisotopic (exact) mass is 424 g/mol. The first-order chi connectivity index (χ1) is 14.7. The number of ether oxygens (including phenoxy) is 1. The molecule has 9 nitrogen and oxygen atoms in total. The van der Waals surface area contributed by atoms with Crippen molar-refractivity contribution in [3.05, 3.63) is 52.9 Å². The van der Waals surface area contributed by atoms with E-state index >= 15 is 0 Å². The van der Waals surface area contributed by atoms with Crippen molar-refractivity contribution in [2.75, 3.05) is 11.9 Å². The van der Waals surface area contributed by atoms with Gasteiger partial charge < -0.3 is 14.4 Å². The van der Waals surface area contributed by atoms with E-state index in [-0.39, 0.29) is 29.8 Å². The summed E-state index contributed by atoms with van der Waals surface area (Å²) < 4.78 is 7.21. The van der Waals surface area contributed by atoms with E-state index in [0.29, 0.717) is 29.7 Å². The van der Waals surface area contributed by atoms with Crippen LogP contribution in [-0.4, -0.2) is 33.1 Å². The Kier molecular flexibility index (Phi) is 6.45. The van der Waals surface area contributed by atoms with Crippen molar-refractivity contribution in [1.29, 1.82) is 0 Å². The molecule has 1 amide bonds. The fraction of sp³-hybridized carbons (Fsp3) is 0.318. The summed E-state index contributed by atoms with van der Waals surface area (Å²) in [5.74, 6) is -0.187. The highest BCUT2D eigenvalue weighted by Gasteiger charge is 2.24. The van der Waals surface area contributed by atoms with Crippen LogP contribution in [0.5, 0.6) is 5.75 Å². The SMILES string of the molecule is CC(C)(C)C(=O)Oc1ccc2nc(NC(=O)c3cccc(N=O)c3)n(CCCO)c2c1. The summed E-state index contributed by atoms with van der Waals surface area (Å²) in [6.07, 6.45) is 0.435. The summed E-state index contributed by atoms with van der Waals surface area (Å²) in [4.78, 5) is 40.1. The lowest BCUT2D eigenvalue weighted by molar-refractivity contribution is -0.142. The van der Waals surface area contributed by atoms with Crippen molar-refractivity contribution < 1.29 is 19.4 Å². The Morgan fingerprint density at radius 2 is 1.97 bits per heavy atom. The number of aryl methyl sites for hydroxylation is 1. The highest BCUT2D eigenvalue weighted by molar-refractivity contribution is 6.04. The van der Waals surface area contributed by atoms with Crippen LogP contribution in [0.15, 0.2) is 47.6 Å². The van der Waals surface area contributed by atoms with Gasteiger partial charge in [-0.25, -0.2) is 4.98 Å². The van der Waals surface area contributed by atoms with Crippen LogP contribution in [0.2, 0.25) is 0 Å². The van der Waals surface area contributed by atoms with E-state index in [4.69, 9.17) is 4.74 Å². The van der Waals surface area contributed by atoms with E-state index in [9.17, 15) is 19.6 Å². The van der Waals surface area contributed by atoms with Crippen molar-refractivity contribution in [1.82, 2.24) is 9.55 Å². The van der Waals surface area contributed by atoms with Crippen molar-refractivity contribution in [2.45, 2.75) is 33.7 Å². The number of rotatable bonds is 7. The summed E-state index contributed by atoms with van der Waals surface area (Å²) in [5.41, 5.74) is 0.985. The molecule has 0 saturated carbocycles. The third-order valence-electron chi connectivity index (χ3n) is 4.52. The normalized spacial score (nSPS) is 11.4. The number of nitrogens with one attached hydrogen (secondary N) is 1. The Bertz CT molecular complexity index is 1130. The molecule has 2 N–H and O–H groups in total. The van der Waals surface area contributed by atoms with E-state index in [1.165, 1.54) is 12.1 Å². The molecule has 162 valence electrons. The van der Waals surface area contributed by atoms with Crippen molar-refractivity contribution in [3.8, 4) is 5.75 Å². The number of fused-ring (bicyclic) bond motifs is 1. The minimum absolute atomic E-state index is 0.0428. The molecule has 0 saturated heterocycles. The van der Waals surface area contributed by atoms with Gasteiger partial charge in [-0.3, -0.25) is 14.9 Å². The van der Waals surface area contributed by atoms with Gasteiger partial charge in [-0.05, 0) is 62.7 Å². The Balaban J connectivity index is 1.95. The Morgan fingerprint density at radius 3 is 2.65 bits per heavy atom. The number of aromatic nitrogens is 2. The molecule has 3 aromatic rings. The lowest BCUT2D eigenvalue weighted by Crippen LogP contribution is -2.25. The zero-order chi connectivity index (χ0) is 22.6. The Labute approximate surface area is 179 Å². The number of hydrogen-bond donors (Lipinski definition) is 2. The second-order valence-electron chi connectivity index (χ2n) is 8.05. The maximum Gasteiger partial charge on any atom is 0.316 e. The molecule has 0 spiro atoms. The fourth-order valence-electron chi connectivity index (χ4n) is 2.85. The van der Waals surface area contributed by atoms with E-state index < -0.39 is 11.3 Å². The second-order valence-corrected chi connectivity index (χ2v) is 8.05. The zero-order valence-electron chi connectivity index (χ0n) is 17.6. The van der Waals surface area contributed by atoms with Gasteiger partial charge in [0.05, 0.1) is 16.4 Å². The fourth-order valence-corrected chi connectivity index (χ4v) is 2.85. The highest BCUT2D eigenvalue weighted by Crippen LogP contribution is 2.27. The molecule has 0 atom stereocenters. The average Bonchev–Trinajstić information content (AvgIpc) is 3.07. The maximum atomic E-state index is 12.7. The quantitative estimate of drug-likeness (QED) is 0.335. The number of nitroso groups, excluding NO2 is 1. The van der Waals surface area contributed by atoms with Gasteiger partial charge in [-0.2, -0.15) is 0 Å². The lowest BCUT2D eigenvalue weighted by Gasteiger charge is -2.16. The Hall–Kier alpha value is -3.59. The summed E-state index contributed by atoms with van der Waals surface area (Å²) in [6.45, 7) is 5.64. The number of nitrogens with zero attached hydrogens (tertiary/aromatic N) is 3. The zero-order valence-corrected chi connectivity index (χ0v) is 17.6. The number of amides is 1. The molecule has 3 rings (SSSR count). The van der Waals surface area contributed by atoms with Crippen molar-refractivity contribution in [2.24, 2.45) is 10.6 Å². The molecule has 0 bridgehead atoms. The number of imidazole rings is 1. The van der Waals surface area contributed by atoms with Crippen LogP contribution in [0.25, 0.3) is 11.0 Å². The maximum absolute atomic E-state index is 12.7. The topological polar surface area (TPSA) is 123 Å². The molecule has 1 aromatic heterocycles. The van der Waals surface area contributed by atoms with Crippen LogP contribution in [-0.2, 0) is 11.3 Å². The number of esters is 1. The highest BCUT2D eigenvalue weighted by atomic mass is 16.5. The van der Waals surface area contributed by atoms with E-state index in [0.717, 1.165) is 0 Å². The van der Waals surface area contributed by atoms with E-state index in [2.05, 4.69) is 15.5 Å². The predicted molar refractivity (Wildman–Crippen MR) is 116 cm³/mol. The summed E-state index contributed by atoms with van der Waals surface area (Å²) in [5, 5.41) is 14.9. The minimum atomic E-state index is -0.657. The molecule has 2 aromatic carbocycles. The largest absolute Gasteiger partial charge is 0.426 e. The molecule has 0 radical (unpaired) electrons. The first-order valence-corrected chi connectivity index (χ1v) is 9.81. The molecular formula is C22H24N4O5. The van der Waals surface area contributed by atoms with Gasteiger partial charge in [-0.1, -0.05) is 6.07 Å². The smallest absolute Gasteiger partial charge is 0.316 e. The van der Waals surface area contributed by atoms with Gasteiger partial charge in [0.15, 0.2) is 0 Å². The molecule has 0 aliphatic heterocycles. The van der Waals surface area contributed by atoms with Gasteiger partial charge in [0.25, 0.3) is 5.91 Å². The van der Waals surface area contributed by atoms with Gasteiger partial charge >= 0.3 is 5.97 Å². The number of aliphatic hydroxyl groups excluding tert-OH is 1. The number of benzene rings is 2. The van der Waals surface area contributed by atoms with Gasteiger partial charge in [0.1, 0.15) is 11.4 Å². The van der Waals surface area contributed by atoms with Crippen molar-refractivity contribution in [3.63, 3.8) is 0 Å². The molecule has 0 fully saturated rings. The Morgan fingerprint density at radius 1 is 1.19 bits per heavy atom. The molecule has 0 aliphatic carbocycles. The number of aliphatic hydroxyl groups is 1. The lowest BCUT2D eigenvalue weighted by atomic mass is 9.97. The molecule has 1 heterocycles. The van der Waals surface area contributed by atoms with Crippen LogP contribution >= 0.6 is 0 Å². The van der Waals surface area contributed by atoms with Crippen LogP contribution in [0.1, 0.15) is 37.6 Å². The molecule has 0 aliphatic rings. The van der Waals surface area contributed by atoms with Crippen LogP contribution < -0.4 is 10.1 Å². The summed E-state index contributed by atoms with van der Waals surface area (Å²) >= 11 is 0. The third-order valence-corrected chi connectivity index (χ3v) is 4.52. The second kappa shape index (κ2) is 9.05. The number of carbonyl (C=O) groups is 2. The molecule has 31 heavy (non-hydrogen) atoms. The summed E-state index contributed by atoms with van der Waals surface area (Å²) in [6, 6.07) is 11.0. The predicted octanol–water partition coefficient (Wildman–Crippen LogP) is 4.02. The first kappa shape index (κ1) is 22.1. The van der Waals surface area contributed by atoms with Gasteiger partial charge in [-0.15, -0.1) is 4.91 Å². The number of anilines is 1.